The van der Waals surface area contributed by atoms with Crippen LogP contribution < -0.4 is 5.32 Å². The van der Waals surface area contributed by atoms with Crippen molar-refractivity contribution < 1.29 is 27.9 Å². The number of carbonyl (C=O) groups is 2. The molecule has 0 spiro atoms. The first-order valence-corrected chi connectivity index (χ1v) is 8.70. The van der Waals surface area contributed by atoms with Gasteiger partial charge in [-0.2, -0.15) is 13.2 Å². The van der Waals surface area contributed by atoms with Gasteiger partial charge in [-0.25, -0.2) is 9.78 Å². The first kappa shape index (κ1) is 20.8. The number of halogens is 3. The fourth-order valence-electron chi connectivity index (χ4n) is 2.71. The fraction of sp³-hybridized carbons (Fsp3) is 0.0455. The van der Waals surface area contributed by atoms with Crippen LogP contribution in [0.2, 0.25) is 0 Å². The Kier molecular flexibility index (Phi) is 5.96. The van der Waals surface area contributed by atoms with Gasteiger partial charge in [0.25, 0.3) is 0 Å². The van der Waals surface area contributed by atoms with Crippen molar-refractivity contribution in [2.45, 2.75) is 6.18 Å². The van der Waals surface area contributed by atoms with Crippen LogP contribution in [-0.4, -0.2) is 21.8 Å². The Morgan fingerprint density at radius 3 is 2.43 bits per heavy atom. The van der Waals surface area contributed by atoms with Crippen LogP contribution >= 0.6 is 0 Å². The Bertz CT molecular complexity index is 1120. The van der Waals surface area contributed by atoms with Crippen LogP contribution in [0.25, 0.3) is 6.08 Å². The number of anilines is 2. The summed E-state index contributed by atoms with van der Waals surface area (Å²) >= 11 is 0. The molecule has 5 nitrogen and oxygen atoms in total. The molecule has 30 heavy (non-hydrogen) atoms. The van der Waals surface area contributed by atoms with E-state index in [1.54, 1.807) is 18.2 Å². The van der Waals surface area contributed by atoms with Crippen molar-refractivity contribution in [3.8, 4) is 0 Å². The third-order valence-corrected chi connectivity index (χ3v) is 4.13. The number of nitrogens with one attached hydrogen (secondary N) is 1. The van der Waals surface area contributed by atoms with Crippen molar-refractivity contribution in [3.63, 3.8) is 0 Å². The average molecular weight is 412 g/mol. The van der Waals surface area contributed by atoms with Gasteiger partial charge in [-0.1, -0.05) is 30.3 Å². The van der Waals surface area contributed by atoms with Crippen LogP contribution in [0.4, 0.5) is 24.7 Å². The number of carboxylic acids is 1. The van der Waals surface area contributed by atoms with E-state index < -0.39 is 23.5 Å². The Morgan fingerprint density at radius 2 is 1.70 bits per heavy atom. The predicted octanol–water partition coefficient (Wildman–Crippen LogP) is 5.44. The number of nitrogens with zero attached hydrogens (tertiary/aromatic N) is 1. The first-order valence-electron chi connectivity index (χ1n) is 8.70. The molecule has 1 heterocycles. The molecule has 0 aliphatic rings. The molecule has 0 bridgehead atoms. The Balaban J connectivity index is 1.87. The van der Waals surface area contributed by atoms with Crippen LogP contribution in [0.1, 0.15) is 31.8 Å². The normalized spacial score (nSPS) is 11.4. The molecule has 0 saturated carbocycles. The lowest BCUT2D eigenvalue weighted by molar-refractivity contribution is -0.137. The fourth-order valence-corrected chi connectivity index (χ4v) is 2.71. The number of carboxylic acid groups (broad SMARTS) is 1. The molecule has 0 atom stereocenters. The number of carbonyl (C=O) groups excluding carboxylic acids is 1. The zero-order chi connectivity index (χ0) is 21.7. The van der Waals surface area contributed by atoms with E-state index in [-0.39, 0.29) is 22.6 Å². The molecule has 0 aliphatic carbocycles. The van der Waals surface area contributed by atoms with Crippen LogP contribution in [-0.2, 0) is 6.18 Å². The lowest BCUT2D eigenvalue weighted by Gasteiger charge is -2.12. The van der Waals surface area contributed by atoms with Gasteiger partial charge in [-0.3, -0.25) is 4.79 Å². The zero-order valence-corrected chi connectivity index (χ0v) is 15.4. The standard InChI is InChI=1S/C22H15F3N2O3/c23-22(24,25)15-6-3-7-16(13-15)27-20-18(9-4-12-26-20)19(28)11-10-14-5-1-2-8-17(14)21(29)30/h1-13H,(H,26,27)(H,29,30)/b11-10+. The Labute approximate surface area is 169 Å². The van der Waals surface area contributed by atoms with Gasteiger partial charge in [-0.05, 0) is 48.0 Å². The van der Waals surface area contributed by atoms with Gasteiger partial charge in [0.15, 0.2) is 5.78 Å². The summed E-state index contributed by atoms with van der Waals surface area (Å²) in [5.74, 6) is -1.54. The number of benzene rings is 2. The number of ketones is 1. The average Bonchev–Trinajstić information content (AvgIpc) is 2.72. The summed E-state index contributed by atoms with van der Waals surface area (Å²) in [5.41, 5.74) is -0.206. The quantitative estimate of drug-likeness (QED) is 0.416. The number of hydrogen-bond donors (Lipinski definition) is 2. The number of hydrogen-bond acceptors (Lipinski definition) is 4. The number of alkyl halides is 3. The van der Waals surface area contributed by atoms with E-state index in [2.05, 4.69) is 10.3 Å². The van der Waals surface area contributed by atoms with E-state index in [0.29, 0.717) is 5.56 Å². The molecule has 3 aromatic rings. The summed E-state index contributed by atoms with van der Waals surface area (Å²) in [5, 5.41) is 12.0. The lowest BCUT2D eigenvalue weighted by atomic mass is 10.1. The van der Waals surface area contributed by atoms with Gasteiger partial charge in [0, 0.05) is 11.9 Å². The Morgan fingerprint density at radius 1 is 0.967 bits per heavy atom. The maximum absolute atomic E-state index is 12.9. The van der Waals surface area contributed by atoms with E-state index in [0.717, 1.165) is 12.1 Å². The van der Waals surface area contributed by atoms with E-state index in [9.17, 15) is 27.9 Å². The van der Waals surface area contributed by atoms with Crippen molar-refractivity contribution in [3.05, 3.63) is 95.2 Å². The van der Waals surface area contributed by atoms with E-state index >= 15 is 0 Å². The van der Waals surface area contributed by atoms with Crippen molar-refractivity contribution in [1.29, 1.82) is 0 Å². The molecule has 3 rings (SSSR count). The van der Waals surface area contributed by atoms with Gasteiger partial charge in [0.05, 0.1) is 16.7 Å². The lowest BCUT2D eigenvalue weighted by Crippen LogP contribution is -2.07. The zero-order valence-electron chi connectivity index (χ0n) is 15.4. The molecule has 0 amide bonds. The molecule has 0 fully saturated rings. The molecule has 0 radical (unpaired) electrons. The van der Waals surface area contributed by atoms with Gasteiger partial charge in [-0.15, -0.1) is 0 Å². The highest BCUT2D eigenvalue weighted by Crippen LogP contribution is 2.31. The van der Waals surface area contributed by atoms with Crippen LogP contribution in [0, 0.1) is 0 Å². The summed E-state index contributed by atoms with van der Waals surface area (Å²) in [6.45, 7) is 0. The second-order valence-electron chi connectivity index (χ2n) is 6.19. The van der Waals surface area contributed by atoms with Gasteiger partial charge in [0.1, 0.15) is 5.82 Å². The molecule has 1 aromatic heterocycles. The van der Waals surface area contributed by atoms with Gasteiger partial charge < -0.3 is 10.4 Å². The van der Waals surface area contributed by atoms with Crippen molar-refractivity contribution >= 4 is 29.3 Å². The van der Waals surface area contributed by atoms with Crippen LogP contribution in [0.5, 0.6) is 0 Å². The first-order chi connectivity index (χ1) is 14.3. The van der Waals surface area contributed by atoms with Crippen molar-refractivity contribution in [2.24, 2.45) is 0 Å². The number of aromatic carboxylic acids is 1. The summed E-state index contributed by atoms with van der Waals surface area (Å²) in [6.07, 6.45) is -0.542. The summed E-state index contributed by atoms with van der Waals surface area (Å²) < 4.78 is 38.8. The smallest absolute Gasteiger partial charge is 0.416 e. The largest absolute Gasteiger partial charge is 0.478 e. The van der Waals surface area contributed by atoms with E-state index in [1.807, 2.05) is 0 Å². The van der Waals surface area contributed by atoms with Gasteiger partial charge >= 0.3 is 12.1 Å². The van der Waals surface area contributed by atoms with Gasteiger partial charge in [0.2, 0.25) is 0 Å². The Hall–Kier alpha value is -3.94. The molecular weight excluding hydrogens is 397 g/mol. The molecule has 0 aliphatic heterocycles. The highest BCUT2D eigenvalue weighted by molar-refractivity contribution is 6.10. The summed E-state index contributed by atoms with van der Waals surface area (Å²) in [7, 11) is 0. The summed E-state index contributed by atoms with van der Waals surface area (Å²) in [4.78, 5) is 28.0. The second-order valence-corrected chi connectivity index (χ2v) is 6.19. The number of allylic oxidation sites excluding steroid dienone is 1. The molecular formula is C22H15F3N2O3. The minimum Gasteiger partial charge on any atom is -0.478 e. The number of aromatic nitrogens is 1. The molecule has 152 valence electrons. The third-order valence-electron chi connectivity index (χ3n) is 4.13. The van der Waals surface area contributed by atoms with E-state index in [1.165, 1.54) is 48.7 Å². The number of pyridine rings is 1. The minimum absolute atomic E-state index is 0.0371. The van der Waals surface area contributed by atoms with Crippen molar-refractivity contribution in [2.75, 3.05) is 5.32 Å². The maximum Gasteiger partial charge on any atom is 0.416 e. The number of rotatable bonds is 6. The molecule has 2 aromatic carbocycles. The van der Waals surface area contributed by atoms with Crippen LogP contribution in [0.15, 0.2) is 72.9 Å². The molecule has 8 heteroatoms. The van der Waals surface area contributed by atoms with Crippen LogP contribution in [0.3, 0.4) is 0 Å². The topological polar surface area (TPSA) is 79.3 Å². The monoisotopic (exact) mass is 412 g/mol. The predicted molar refractivity (Wildman–Crippen MR) is 106 cm³/mol. The maximum atomic E-state index is 12.9. The minimum atomic E-state index is -4.50. The second kappa shape index (κ2) is 8.60. The summed E-state index contributed by atoms with van der Waals surface area (Å²) in [6, 6.07) is 13.7. The highest BCUT2D eigenvalue weighted by atomic mass is 19.4. The third kappa shape index (κ3) is 4.91. The van der Waals surface area contributed by atoms with E-state index in [4.69, 9.17) is 0 Å². The SMILES string of the molecule is O=C(O)c1ccccc1/C=C/C(=O)c1cccnc1Nc1cccc(C(F)(F)F)c1. The molecule has 0 unspecified atom stereocenters. The highest BCUT2D eigenvalue weighted by Gasteiger charge is 2.30. The van der Waals surface area contributed by atoms with Crippen molar-refractivity contribution in [1.82, 2.24) is 4.98 Å². The molecule has 2 N–H and O–H groups in total. The molecule has 0 saturated heterocycles.